The maximum absolute atomic E-state index is 12.2. The highest BCUT2D eigenvalue weighted by Crippen LogP contribution is 2.19. The number of alkyl halides is 2. The molecular formula is C17H14F2N2O2. The summed E-state index contributed by atoms with van der Waals surface area (Å²) in [5.41, 5.74) is 1.53. The lowest BCUT2D eigenvalue weighted by Gasteiger charge is -2.15. The first-order valence-electron chi connectivity index (χ1n) is 6.85. The van der Waals surface area contributed by atoms with E-state index in [4.69, 9.17) is 5.26 Å². The quantitative estimate of drug-likeness (QED) is 0.916. The fourth-order valence-electron chi connectivity index (χ4n) is 2.03. The van der Waals surface area contributed by atoms with Crippen LogP contribution in [0, 0.1) is 11.3 Å². The van der Waals surface area contributed by atoms with E-state index in [0.717, 1.165) is 5.56 Å². The standard InChI is InChI=1S/C17H14F2N2O2/c1-11(13-5-7-15(8-6-13)23-17(18)19)21-16(22)14-4-2-3-12(9-14)10-20/h2-9,11,17H,1H3,(H,21,22)/t11-/m0/s1. The number of hydrogen-bond donors (Lipinski definition) is 1. The molecule has 0 spiro atoms. The Morgan fingerprint density at radius 1 is 1.22 bits per heavy atom. The van der Waals surface area contributed by atoms with Gasteiger partial charge < -0.3 is 10.1 Å². The molecule has 0 aromatic heterocycles. The van der Waals surface area contributed by atoms with Crippen LogP contribution in [0.4, 0.5) is 8.78 Å². The van der Waals surface area contributed by atoms with Gasteiger partial charge in [0.05, 0.1) is 17.7 Å². The molecule has 1 atom stereocenters. The number of nitrogens with zero attached hydrogens (tertiary/aromatic N) is 1. The zero-order valence-corrected chi connectivity index (χ0v) is 12.3. The first-order valence-corrected chi connectivity index (χ1v) is 6.85. The Bertz CT molecular complexity index is 724. The number of carbonyl (C=O) groups excluding carboxylic acids is 1. The van der Waals surface area contributed by atoms with Crippen molar-refractivity contribution in [2.75, 3.05) is 0 Å². The SMILES string of the molecule is C[C@H](NC(=O)c1cccc(C#N)c1)c1ccc(OC(F)F)cc1. The van der Waals surface area contributed by atoms with E-state index in [9.17, 15) is 13.6 Å². The van der Waals surface area contributed by atoms with Crippen LogP contribution in [0.25, 0.3) is 0 Å². The minimum absolute atomic E-state index is 0.0593. The number of nitriles is 1. The molecule has 0 bridgehead atoms. The van der Waals surface area contributed by atoms with Crippen LogP contribution in [0.15, 0.2) is 48.5 Å². The van der Waals surface area contributed by atoms with Gasteiger partial charge in [-0.25, -0.2) is 0 Å². The monoisotopic (exact) mass is 316 g/mol. The maximum atomic E-state index is 12.2. The third kappa shape index (κ3) is 4.51. The molecule has 0 aliphatic heterocycles. The highest BCUT2D eigenvalue weighted by atomic mass is 19.3. The Morgan fingerprint density at radius 3 is 2.52 bits per heavy atom. The largest absolute Gasteiger partial charge is 0.435 e. The molecule has 0 fully saturated rings. The molecule has 0 unspecified atom stereocenters. The van der Waals surface area contributed by atoms with Crippen molar-refractivity contribution in [3.63, 3.8) is 0 Å². The van der Waals surface area contributed by atoms with Crippen molar-refractivity contribution in [3.05, 3.63) is 65.2 Å². The Kier molecular flexibility index (Phi) is 5.26. The Balaban J connectivity index is 2.04. The smallest absolute Gasteiger partial charge is 0.387 e. The molecule has 1 N–H and O–H groups in total. The molecule has 0 saturated carbocycles. The van der Waals surface area contributed by atoms with Crippen molar-refractivity contribution in [3.8, 4) is 11.8 Å². The van der Waals surface area contributed by atoms with Crippen LogP contribution in [0.5, 0.6) is 5.75 Å². The van der Waals surface area contributed by atoms with E-state index in [1.54, 1.807) is 37.3 Å². The number of benzene rings is 2. The average Bonchev–Trinajstić information content (AvgIpc) is 2.55. The van der Waals surface area contributed by atoms with Crippen LogP contribution in [-0.4, -0.2) is 12.5 Å². The molecular weight excluding hydrogens is 302 g/mol. The predicted molar refractivity (Wildman–Crippen MR) is 80.1 cm³/mol. The van der Waals surface area contributed by atoms with Crippen LogP contribution in [-0.2, 0) is 0 Å². The van der Waals surface area contributed by atoms with Crippen LogP contribution in [0.2, 0.25) is 0 Å². The first-order chi connectivity index (χ1) is 11.0. The molecule has 23 heavy (non-hydrogen) atoms. The van der Waals surface area contributed by atoms with E-state index in [0.29, 0.717) is 11.1 Å². The van der Waals surface area contributed by atoms with Crippen LogP contribution in [0.1, 0.15) is 34.5 Å². The molecule has 2 rings (SSSR count). The second-order valence-corrected chi connectivity index (χ2v) is 4.84. The second kappa shape index (κ2) is 7.36. The molecule has 6 heteroatoms. The molecule has 1 amide bonds. The van der Waals surface area contributed by atoms with Gasteiger partial charge in [-0.1, -0.05) is 18.2 Å². The van der Waals surface area contributed by atoms with Gasteiger partial charge in [0.2, 0.25) is 0 Å². The summed E-state index contributed by atoms with van der Waals surface area (Å²) in [7, 11) is 0. The molecule has 0 aliphatic carbocycles. The summed E-state index contributed by atoms with van der Waals surface area (Å²) in [6.45, 7) is -1.10. The van der Waals surface area contributed by atoms with Crippen molar-refractivity contribution in [1.82, 2.24) is 5.32 Å². The molecule has 2 aromatic rings. The lowest BCUT2D eigenvalue weighted by molar-refractivity contribution is -0.0498. The van der Waals surface area contributed by atoms with E-state index >= 15 is 0 Å². The van der Waals surface area contributed by atoms with E-state index in [1.165, 1.54) is 18.2 Å². The van der Waals surface area contributed by atoms with Gasteiger partial charge in [-0.2, -0.15) is 14.0 Å². The highest BCUT2D eigenvalue weighted by molar-refractivity contribution is 5.94. The fraction of sp³-hybridized carbons (Fsp3) is 0.176. The number of halogens is 2. The van der Waals surface area contributed by atoms with Crippen molar-refractivity contribution in [2.24, 2.45) is 0 Å². The van der Waals surface area contributed by atoms with E-state index in [1.807, 2.05) is 6.07 Å². The van der Waals surface area contributed by atoms with Crippen molar-refractivity contribution in [2.45, 2.75) is 19.6 Å². The topological polar surface area (TPSA) is 62.1 Å². The number of amides is 1. The lowest BCUT2D eigenvalue weighted by Crippen LogP contribution is -2.26. The zero-order valence-electron chi connectivity index (χ0n) is 12.3. The molecule has 0 aliphatic rings. The Labute approximate surface area is 132 Å². The third-order valence-corrected chi connectivity index (χ3v) is 3.21. The maximum Gasteiger partial charge on any atom is 0.387 e. The van der Waals surface area contributed by atoms with E-state index < -0.39 is 6.61 Å². The van der Waals surface area contributed by atoms with Gasteiger partial charge in [0.15, 0.2) is 0 Å². The summed E-state index contributed by atoms with van der Waals surface area (Å²) in [5, 5.41) is 11.6. The minimum atomic E-state index is -2.87. The normalized spacial score (nSPS) is 11.6. The Morgan fingerprint density at radius 2 is 1.91 bits per heavy atom. The number of hydrogen-bond acceptors (Lipinski definition) is 3. The molecule has 0 saturated heterocycles. The summed E-state index contributed by atoms with van der Waals surface area (Å²) in [5.74, 6) is -0.258. The van der Waals surface area contributed by atoms with Crippen molar-refractivity contribution < 1.29 is 18.3 Å². The number of nitrogens with one attached hydrogen (secondary N) is 1. The van der Waals surface area contributed by atoms with Crippen molar-refractivity contribution in [1.29, 1.82) is 5.26 Å². The van der Waals surface area contributed by atoms with Gasteiger partial charge in [0, 0.05) is 5.56 Å². The van der Waals surface area contributed by atoms with Gasteiger partial charge in [-0.05, 0) is 42.8 Å². The minimum Gasteiger partial charge on any atom is -0.435 e. The van der Waals surface area contributed by atoms with Gasteiger partial charge in [0.1, 0.15) is 5.75 Å². The lowest BCUT2D eigenvalue weighted by atomic mass is 10.1. The third-order valence-electron chi connectivity index (χ3n) is 3.21. The second-order valence-electron chi connectivity index (χ2n) is 4.84. The van der Waals surface area contributed by atoms with Gasteiger partial charge in [-0.3, -0.25) is 4.79 Å². The highest BCUT2D eigenvalue weighted by Gasteiger charge is 2.12. The summed E-state index contributed by atoms with van der Waals surface area (Å²) in [4.78, 5) is 12.2. The van der Waals surface area contributed by atoms with Gasteiger partial charge in [-0.15, -0.1) is 0 Å². The summed E-state index contributed by atoms with van der Waals surface area (Å²) in [6, 6.07) is 14.1. The van der Waals surface area contributed by atoms with Crippen molar-refractivity contribution >= 4 is 5.91 Å². The number of rotatable bonds is 5. The molecule has 0 radical (unpaired) electrons. The molecule has 4 nitrogen and oxygen atoms in total. The van der Waals surface area contributed by atoms with E-state index in [2.05, 4.69) is 10.1 Å². The van der Waals surface area contributed by atoms with Gasteiger partial charge >= 0.3 is 6.61 Å². The molecule has 118 valence electrons. The zero-order chi connectivity index (χ0) is 16.8. The Hall–Kier alpha value is -2.94. The number of ether oxygens (including phenoxy) is 1. The molecule has 2 aromatic carbocycles. The van der Waals surface area contributed by atoms with Crippen LogP contribution >= 0.6 is 0 Å². The van der Waals surface area contributed by atoms with Gasteiger partial charge in [0.25, 0.3) is 5.91 Å². The number of carbonyl (C=O) groups is 1. The predicted octanol–water partition coefficient (Wildman–Crippen LogP) is 3.65. The fourth-order valence-corrected chi connectivity index (χ4v) is 2.03. The summed E-state index contributed by atoms with van der Waals surface area (Å²) < 4.78 is 28.5. The van der Waals surface area contributed by atoms with E-state index in [-0.39, 0.29) is 17.7 Å². The summed E-state index contributed by atoms with van der Waals surface area (Å²) in [6.07, 6.45) is 0. The first kappa shape index (κ1) is 16.4. The molecule has 0 heterocycles. The summed E-state index contributed by atoms with van der Waals surface area (Å²) >= 11 is 0. The average molecular weight is 316 g/mol. The van der Waals surface area contributed by atoms with Crippen LogP contribution in [0.3, 0.4) is 0 Å². The van der Waals surface area contributed by atoms with Crippen LogP contribution < -0.4 is 10.1 Å².